The third-order valence-electron chi connectivity index (χ3n) is 2.25. The van der Waals surface area contributed by atoms with E-state index in [2.05, 4.69) is 41.2 Å². The highest BCUT2D eigenvalue weighted by molar-refractivity contribution is 5.34. The van der Waals surface area contributed by atoms with Gasteiger partial charge in [-0.25, -0.2) is 0 Å². The van der Waals surface area contributed by atoms with E-state index < -0.39 is 0 Å². The van der Waals surface area contributed by atoms with Gasteiger partial charge in [-0.15, -0.1) is 5.10 Å². The van der Waals surface area contributed by atoms with Crippen LogP contribution in [0.2, 0.25) is 0 Å². The maximum Gasteiger partial charge on any atom is 0.108 e. The Labute approximate surface area is 96.6 Å². The number of rotatable bonds is 0. The molecule has 0 bridgehead atoms. The Hall–Kier alpha value is -1.51. The van der Waals surface area contributed by atoms with Crippen LogP contribution in [0.25, 0.3) is 6.08 Å². The molecule has 0 aliphatic carbocycles. The van der Waals surface area contributed by atoms with Crippen LogP contribution in [0.5, 0.6) is 0 Å². The van der Waals surface area contributed by atoms with E-state index in [-0.39, 0.29) is 5.41 Å². The van der Waals surface area contributed by atoms with E-state index in [1.807, 2.05) is 27.0 Å². The van der Waals surface area contributed by atoms with Crippen molar-refractivity contribution in [3.05, 3.63) is 34.7 Å². The summed E-state index contributed by atoms with van der Waals surface area (Å²) in [5, 5.41) is 9.84. The van der Waals surface area contributed by atoms with Crippen LogP contribution < -0.4 is 10.7 Å². The van der Waals surface area contributed by atoms with Crippen molar-refractivity contribution in [3.63, 3.8) is 0 Å². The van der Waals surface area contributed by atoms with E-state index in [4.69, 9.17) is 0 Å². The van der Waals surface area contributed by atoms with Crippen LogP contribution in [0.3, 0.4) is 0 Å². The Bertz CT molecular complexity index is 498. The molecule has 0 saturated carbocycles. The molecule has 1 aromatic heterocycles. The number of allylic oxidation sites excluding steroid dienone is 1. The lowest BCUT2D eigenvalue weighted by Gasteiger charge is -2.11. The van der Waals surface area contributed by atoms with E-state index in [9.17, 15) is 0 Å². The van der Waals surface area contributed by atoms with Gasteiger partial charge in [0.25, 0.3) is 0 Å². The molecule has 16 heavy (non-hydrogen) atoms. The monoisotopic (exact) mass is 217 g/mol. The summed E-state index contributed by atoms with van der Waals surface area (Å²) in [6.07, 6.45) is 7.74. The van der Waals surface area contributed by atoms with E-state index in [0.29, 0.717) is 0 Å². The predicted octanol–water partition coefficient (Wildman–Crippen LogP) is 1.76. The summed E-state index contributed by atoms with van der Waals surface area (Å²) < 4.78 is 0. The average Bonchev–Trinajstić information content (AvgIpc) is 2.39. The van der Waals surface area contributed by atoms with Crippen molar-refractivity contribution in [2.45, 2.75) is 34.6 Å². The fourth-order valence-electron chi connectivity index (χ4n) is 1.46. The molecule has 0 saturated heterocycles. The van der Waals surface area contributed by atoms with E-state index in [1.165, 1.54) is 0 Å². The van der Waals surface area contributed by atoms with Crippen molar-refractivity contribution >= 4 is 6.08 Å². The SMILES string of the molecule is CC.Cc1cnnc2c1=NC=CC(C)(C)C=2. The highest BCUT2D eigenvalue weighted by Gasteiger charge is 2.12. The molecule has 0 amide bonds. The van der Waals surface area contributed by atoms with Crippen molar-refractivity contribution < 1.29 is 0 Å². The number of hydrogen-bond acceptors (Lipinski definition) is 3. The molecule has 1 aliphatic heterocycles. The van der Waals surface area contributed by atoms with Gasteiger partial charge in [-0.05, 0) is 18.6 Å². The first kappa shape index (κ1) is 12.6. The van der Waals surface area contributed by atoms with Gasteiger partial charge in [-0.2, -0.15) is 5.10 Å². The van der Waals surface area contributed by atoms with Crippen LogP contribution >= 0.6 is 0 Å². The third kappa shape index (κ3) is 2.75. The molecular weight excluding hydrogens is 198 g/mol. The van der Waals surface area contributed by atoms with Crippen molar-refractivity contribution in [2.75, 3.05) is 0 Å². The van der Waals surface area contributed by atoms with Crippen LogP contribution in [-0.4, -0.2) is 10.2 Å². The quantitative estimate of drug-likeness (QED) is 0.664. The Morgan fingerprint density at radius 2 is 1.88 bits per heavy atom. The van der Waals surface area contributed by atoms with E-state index in [0.717, 1.165) is 16.3 Å². The topological polar surface area (TPSA) is 38.1 Å². The molecular formula is C13H19N3. The average molecular weight is 217 g/mol. The minimum Gasteiger partial charge on any atom is -0.255 e. The molecule has 0 unspecified atom stereocenters. The van der Waals surface area contributed by atoms with Gasteiger partial charge in [0.05, 0.1) is 11.6 Å². The Balaban J connectivity index is 0.000000606. The number of hydrogen-bond donors (Lipinski definition) is 0. The van der Waals surface area contributed by atoms with Crippen LogP contribution in [0.1, 0.15) is 33.3 Å². The highest BCUT2D eigenvalue weighted by atomic mass is 15.1. The fourth-order valence-corrected chi connectivity index (χ4v) is 1.46. The molecule has 2 heterocycles. The summed E-state index contributed by atoms with van der Waals surface area (Å²) in [4.78, 5) is 4.37. The van der Waals surface area contributed by atoms with E-state index in [1.54, 1.807) is 6.20 Å². The normalized spacial score (nSPS) is 15.8. The first-order valence-corrected chi connectivity index (χ1v) is 5.65. The van der Waals surface area contributed by atoms with Gasteiger partial charge in [0.2, 0.25) is 0 Å². The first-order valence-electron chi connectivity index (χ1n) is 5.65. The Morgan fingerprint density at radius 1 is 1.19 bits per heavy atom. The summed E-state index contributed by atoms with van der Waals surface area (Å²) in [5.74, 6) is 0. The van der Waals surface area contributed by atoms with Crippen LogP contribution in [-0.2, 0) is 0 Å². The van der Waals surface area contributed by atoms with Gasteiger partial charge < -0.3 is 0 Å². The molecule has 0 N–H and O–H groups in total. The third-order valence-corrected chi connectivity index (χ3v) is 2.25. The lowest BCUT2D eigenvalue weighted by Crippen LogP contribution is -2.32. The zero-order valence-corrected chi connectivity index (χ0v) is 10.7. The molecule has 2 rings (SSSR count). The van der Waals surface area contributed by atoms with Gasteiger partial charge in [0, 0.05) is 11.6 Å². The summed E-state index contributed by atoms with van der Waals surface area (Å²) in [5.41, 5.74) is 1.06. The number of fused-ring (bicyclic) bond motifs is 1. The van der Waals surface area contributed by atoms with Crippen LogP contribution in [0, 0.1) is 12.3 Å². The predicted molar refractivity (Wildman–Crippen MR) is 66.3 cm³/mol. The van der Waals surface area contributed by atoms with Crippen molar-refractivity contribution in [3.8, 4) is 0 Å². The molecule has 1 aliphatic rings. The molecule has 3 heteroatoms. The maximum atomic E-state index is 4.37. The zero-order chi connectivity index (χ0) is 12.2. The number of nitrogens with zero attached hydrogens (tertiary/aromatic N) is 3. The second-order valence-corrected chi connectivity index (χ2v) is 4.17. The molecule has 0 fully saturated rings. The molecule has 0 spiro atoms. The van der Waals surface area contributed by atoms with Crippen LogP contribution in [0.4, 0.5) is 0 Å². The van der Waals surface area contributed by atoms with Gasteiger partial charge in [-0.1, -0.05) is 33.8 Å². The molecule has 0 aromatic carbocycles. The second-order valence-electron chi connectivity index (χ2n) is 4.17. The van der Waals surface area contributed by atoms with E-state index >= 15 is 0 Å². The smallest absolute Gasteiger partial charge is 0.108 e. The molecule has 0 radical (unpaired) electrons. The number of aryl methyl sites for hydroxylation is 1. The maximum absolute atomic E-state index is 4.37. The van der Waals surface area contributed by atoms with Gasteiger partial charge in [0.15, 0.2) is 0 Å². The summed E-state index contributed by atoms with van der Waals surface area (Å²) in [6, 6.07) is 0. The fraction of sp³-hybridized carbons (Fsp3) is 0.462. The highest BCUT2D eigenvalue weighted by Crippen LogP contribution is 2.18. The van der Waals surface area contributed by atoms with Crippen molar-refractivity contribution in [2.24, 2.45) is 10.4 Å². The zero-order valence-electron chi connectivity index (χ0n) is 10.7. The van der Waals surface area contributed by atoms with Crippen molar-refractivity contribution in [1.29, 1.82) is 0 Å². The molecule has 0 atom stereocenters. The second kappa shape index (κ2) is 5.01. The molecule has 3 nitrogen and oxygen atoms in total. The minimum absolute atomic E-state index is 0.00275. The van der Waals surface area contributed by atoms with Gasteiger partial charge in [-0.3, -0.25) is 4.99 Å². The van der Waals surface area contributed by atoms with Crippen LogP contribution in [0.15, 0.2) is 23.5 Å². The lowest BCUT2D eigenvalue weighted by molar-refractivity contribution is 0.666. The number of aromatic nitrogens is 2. The minimum atomic E-state index is -0.00275. The van der Waals surface area contributed by atoms with Gasteiger partial charge >= 0.3 is 0 Å². The molecule has 1 aromatic rings. The molecule has 86 valence electrons. The first-order chi connectivity index (χ1) is 7.58. The van der Waals surface area contributed by atoms with Gasteiger partial charge in [0.1, 0.15) is 5.35 Å². The summed E-state index contributed by atoms with van der Waals surface area (Å²) in [6.45, 7) is 10.2. The summed E-state index contributed by atoms with van der Waals surface area (Å²) in [7, 11) is 0. The lowest BCUT2D eigenvalue weighted by atomic mass is 9.93. The standard InChI is InChI=1S/C11H13N3.C2H6/c1-8-7-13-14-9-6-11(2,3)4-5-12-10(8)9;1-2/h4-7H,1-3H3;1-2H3. The van der Waals surface area contributed by atoms with Crippen molar-refractivity contribution in [1.82, 2.24) is 10.2 Å². The largest absolute Gasteiger partial charge is 0.255 e. The summed E-state index contributed by atoms with van der Waals surface area (Å²) >= 11 is 0. The Kier molecular flexibility index (Phi) is 3.93. The Morgan fingerprint density at radius 3 is 2.56 bits per heavy atom.